The number of thioether (sulfide) groups is 1. The maximum absolute atomic E-state index is 12.6. The van der Waals surface area contributed by atoms with Gasteiger partial charge in [0, 0.05) is 16.0 Å². The Hall–Kier alpha value is -2.97. The first kappa shape index (κ1) is 18.8. The van der Waals surface area contributed by atoms with Gasteiger partial charge in [0.1, 0.15) is 11.2 Å². The van der Waals surface area contributed by atoms with Crippen LogP contribution in [0.15, 0.2) is 53.9 Å². The minimum Gasteiger partial charge on any atom is -0.325 e. The highest BCUT2D eigenvalue weighted by Crippen LogP contribution is 2.37. The molecule has 1 N–H and O–H groups in total. The van der Waals surface area contributed by atoms with Crippen LogP contribution in [0.1, 0.15) is 23.3 Å². The number of hydrogen-bond acceptors (Lipinski definition) is 6. The zero-order chi connectivity index (χ0) is 20.8. The Balaban J connectivity index is 1.25. The first-order valence-corrected chi connectivity index (χ1v) is 12.1. The Morgan fingerprint density at radius 3 is 2.94 bits per heavy atom. The van der Waals surface area contributed by atoms with E-state index in [4.69, 9.17) is 0 Å². The highest BCUT2D eigenvalue weighted by atomic mass is 32.2. The van der Waals surface area contributed by atoms with Crippen molar-refractivity contribution in [3.63, 3.8) is 0 Å². The zero-order valence-electron chi connectivity index (χ0n) is 16.7. The number of aromatic nitrogens is 4. The van der Waals surface area contributed by atoms with E-state index in [1.165, 1.54) is 35.0 Å². The third kappa shape index (κ3) is 3.26. The van der Waals surface area contributed by atoms with Gasteiger partial charge >= 0.3 is 0 Å². The molecule has 6 nitrogen and oxygen atoms in total. The standard InChI is InChI=1S/C23H19N5OS2/c29-19(25-17-10-5-7-14-6-1-2-8-15(14)17)12-30-23-27-26-21-20-16-9-3-4-11-18(16)31-22(20)24-13-28(21)23/h1-2,5-8,10,13H,3-4,9,11-12H2,(H,25,29). The summed E-state index contributed by atoms with van der Waals surface area (Å²) < 4.78 is 1.92. The van der Waals surface area contributed by atoms with Gasteiger partial charge in [0.25, 0.3) is 0 Å². The summed E-state index contributed by atoms with van der Waals surface area (Å²) in [6.07, 6.45) is 6.45. The number of hydrogen-bond donors (Lipinski definition) is 1. The number of carbonyl (C=O) groups excluding carboxylic acids is 1. The molecule has 0 saturated carbocycles. The number of nitrogens with zero attached hydrogens (tertiary/aromatic N) is 4. The second kappa shape index (κ2) is 7.62. The van der Waals surface area contributed by atoms with Crippen LogP contribution in [0.5, 0.6) is 0 Å². The molecule has 2 aromatic carbocycles. The summed E-state index contributed by atoms with van der Waals surface area (Å²) in [7, 11) is 0. The van der Waals surface area contributed by atoms with Gasteiger partial charge in [0.15, 0.2) is 10.8 Å². The van der Waals surface area contributed by atoms with E-state index >= 15 is 0 Å². The maximum Gasteiger partial charge on any atom is 0.234 e. The van der Waals surface area contributed by atoms with E-state index in [1.54, 1.807) is 17.7 Å². The number of rotatable bonds is 4. The van der Waals surface area contributed by atoms with E-state index in [1.807, 2.05) is 46.9 Å². The molecule has 1 aliphatic carbocycles. The Labute approximate surface area is 186 Å². The molecule has 0 bridgehead atoms. The largest absolute Gasteiger partial charge is 0.325 e. The predicted molar refractivity (Wildman–Crippen MR) is 126 cm³/mol. The molecule has 0 radical (unpaired) electrons. The monoisotopic (exact) mass is 445 g/mol. The van der Waals surface area contributed by atoms with Gasteiger partial charge in [0.2, 0.25) is 5.91 Å². The Kier molecular flexibility index (Phi) is 4.61. The van der Waals surface area contributed by atoms with Crippen LogP contribution in [-0.2, 0) is 17.6 Å². The van der Waals surface area contributed by atoms with Crippen LogP contribution in [0.2, 0.25) is 0 Å². The summed E-state index contributed by atoms with van der Waals surface area (Å²) in [6.45, 7) is 0. The van der Waals surface area contributed by atoms with E-state index in [9.17, 15) is 4.79 Å². The fourth-order valence-electron chi connectivity index (χ4n) is 4.28. The molecular formula is C23H19N5OS2. The molecule has 5 aromatic rings. The van der Waals surface area contributed by atoms with Gasteiger partial charge in [-0.2, -0.15) is 0 Å². The number of aryl methyl sites for hydroxylation is 2. The SMILES string of the molecule is O=C(CSc1nnc2c3c4c(sc3ncn12)CCCC4)Nc1cccc2ccccc12. The van der Waals surface area contributed by atoms with Crippen LogP contribution in [-0.4, -0.2) is 31.2 Å². The van der Waals surface area contributed by atoms with Gasteiger partial charge in [-0.15, -0.1) is 21.5 Å². The molecule has 0 spiro atoms. The number of amides is 1. The van der Waals surface area contributed by atoms with Crippen molar-refractivity contribution in [3.05, 3.63) is 59.2 Å². The van der Waals surface area contributed by atoms with Crippen LogP contribution >= 0.6 is 23.1 Å². The lowest BCUT2D eigenvalue weighted by Gasteiger charge is -2.10. The number of anilines is 1. The predicted octanol–water partition coefficient (Wildman–Crippen LogP) is 5.10. The van der Waals surface area contributed by atoms with Crippen molar-refractivity contribution in [2.45, 2.75) is 30.8 Å². The molecule has 3 aromatic heterocycles. The quantitative estimate of drug-likeness (QED) is 0.390. The van der Waals surface area contributed by atoms with Crippen molar-refractivity contribution < 1.29 is 4.79 Å². The molecule has 0 fully saturated rings. The van der Waals surface area contributed by atoms with Crippen LogP contribution in [0, 0.1) is 0 Å². The number of benzene rings is 2. The molecule has 1 aliphatic rings. The van der Waals surface area contributed by atoms with Crippen molar-refractivity contribution in [1.82, 2.24) is 19.6 Å². The molecule has 31 heavy (non-hydrogen) atoms. The van der Waals surface area contributed by atoms with E-state index in [-0.39, 0.29) is 11.7 Å². The minimum absolute atomic E-state index is 0.0694. The third-order valence-electron chi connectivity index (χ3n) is 5.73. The van der Waals surface area contributed by atoms with Crippen LogP contribution < -0.4 is 5.32 Å². The molecule has 3 heterocycles. The lowest BCUT2D eigenvalue weighted by molar-refractivity contribution is -0.113. The van der Waals surface area contributed by atoms with Crippen LogP contribution in [0.3, 0.4) is 0 Å². The van der Waals surface area contributed by atoms with Crippen molar-refractivity contribution in [2.24, 2.45) is 0 Å². The van der Waals surface area contributed by atoms with Crippen LogP contribution in [0.4, 0.5) is 5.69 Å². The third-order valence-corrected chi connectivity index (χ3v) is 7.87. The molecule has 0 aliphatic heterocycles. The average Bonchev–Trinajstić information content (AvgIpc) is 3.38. The van der Waals surface area contributed by atoms with Crippen LogP contribution in [0.25, 0.3) is 26.6 Å². The maximum atomic E-state index is 12.6. The summed E-state index contributed by atoms with van der Waals surface area (Å²) in [5.41, 5.74) is 3.06. The fourth-order valence-corrected chi connectivity index (χ4v) is 6.21. The molecular weight excluding hydrogens is 426 g/mol. The molecule has 0 atom stereocenters. The second-order valence-corrected chi connectivity index (χ2v) is 9.70. The van der Waals surface area contributed by atoms with E-state index in [2.05, 4.69) is 20.5 Å². The molecule has 0 unspecified atom stereocenters. The van der Waals surface area contributed by atoms with Crippen molar-refractivity contribution in [2.75, 3.05) is 11.1 Å². The van der Waals surface area contributed by atoms with Gasteiger partial charge in [-0.05, 0) is 42.7 Å². The molecule has 154 valence electrons. The molecule has 0 saturated heterocycles. The van der Waals surface area contributed by atoms with Gasteiger partial charge in [0.05, 0.1) is 11.1 Å². The summed E-state index contributed by atoms with van der Waals surface area (Å²) in [4.78, 5) is 19.8. The van der Waals surface area contributed by atoms with Crippen molar-refractivity contribution in [1.29, 1.82) is 0 Å². The molecule has 1 amide bonds. The number of fused-ring (bicyclic) bond motifs is 6. The van der Waals surface area contributed by atoms with E-state index in [0.29, 0.717) is 5.16 Å². The number of nitrogens with one attached hydrogen (secondary N) is 1. The van der Waals surface area contributed by atoms with Gasteiger partial charge in [-0.25, -0.2) is 4.98 Å². The first-order chi connectivity index (χ1) is 15.3. The van der Waals surface area contributed by atoms with Crippen molar-refractivity contribution in [3.8, 4) is 0 Å². The fraction of sp³-hybridized carbons (Fsp3) is 0.217. The topological polar surface area (TPSA) is 72.2 Å². The number of thiophene rings is 1. The highest BCUT2D eigenvalue weighted by molar-refractivity contribution is 7.99. The van der Waals surface area contributed by atoms with E-state index < -0.39 is 0 Å². The lowest BCUT2D eigenvalue weighted by Crippen LogP contribution is -2.14. The summed E-state index contributed by atoms with van der Waals surface area (Å²) in [5, 5.41) is 15.8. The summed E-state index contributed by atoms with van der Waals surface area (Å²) in [5.74, 6) is 0.184. The zero-order valence-corrected chi connectivity index (χ0v) is 18.3. The first-order valence-electron chi connectivity index (χ1n) is 10.3. The Morgan fingerprint density at radius 1 is 1.10 bits per heavy atom. The Bertz CT molecular complexity index is 1450. The van der Waals surface area contributed by atoms with Gasteiger partial charge in [-0.3, -0.25) is 9.20 Å². The Morgan fingerprint density at radius 2 is 1.97 bits per heavy atom. The highest BCUT2D eigenvalue weighted by Gasteiger charge is 2.21. The molecule has 6 rings (SSSR count). The number of carbonyl (C=O) groups is 1. The molecule has 8 heteroatoms. The van der Waals surface area contributed by atoms with Crippen molar-refractivity contribution >= 4 is 61.3 Å². The summed E-state index contributed by atoms with van der Waals surface area (Å²) >= 11 is 3.16. The van der Waals surface area contributed by atoms with Gasteiger partial charge < -0.3 is 5.32 Å². The lowest BCUT2D eigenvalue weighted by atomic mass is 9.97. The van der Waals surface area contributed by atoms with Gasteiger partial charge in [-0.1, -0.05) is 48.2 Å². The normalized spacial score (nSPS) is 13.7. The average molecular weight is 446 g/mol. The second-order valence-electron chi connectivity index (χ2n) is 7.68. The van der Waals surface area contributed by atoms with E-state index in [0.717, 1.165) is 45.2 Å². The smallest absolute Gasteiger partial charge is 0.234 e. The summed E-state index contributed by atoms with van der Waals surface area (Å²) in [6, 6.07) is 14.0. The minimum atomic E-state index is -0.0694.